The predicted molar refractivity (Wildman–Crippen MR) is 87.4 cm³/mol. The molecule has 0 atom stereocenters. The molecule has 0 spiro atoms. The van der Waals surface area contributed by atoms with Crippen LogP contribution in [0.5, 0.6) is 5.75 Å². The molecule has 1 aromatic carbocycles. The van der Waals surface area contributed by atoms with E-state index in [9.17, 15) is 14.9 Å². The van der Waals surface area contributed by atoms with Crippen molar-refractivity contribution in [2.24, 2.45) is 0 Å². The molecular weight excluding hydrogens is 385 g/mol. The van der Waals surface area contributed by atoms with Crippen LogP contribution in [-0.4, -0.2) is 27.4 Å². The number of ether oxygens (including phenoxy) is 1. The lowest BCUT2D eigenvalue weighted by molar-refractivity contribution is -0.384. The molecule has 1 amide bonds. The number of nitrogens with one attached hydrogen (secondary N) is 2. The van der Waals surface area contributed by atoms with Gasteiger partial charge in [0.15, 0.2) is 6.61 Å². The van der Waals surface area contributed by atoms with Crippen molar-refractivity contribution in [1.82, 2.24) is 15.4 Å². The van der Waals surface area contributed by atoms with Gasteiger partial charge in [0.1, 0.15) is 12.1 Å². The smallest absolute Gasteiger partial charge is 0.350 e. The number of halogens is 3. The third kappa shape index (κ3) is 4.57. The average Bonchev–Trinajstić information content (AvgIpc) is 2.51. The monoisotopic (exact) mass is 391 g/mol. The lowest BCUT2D eigenvalue weighted by Crippen LogP contribution is -2.34. The largest absolute Gasteiger partial charge is 0.482 e. The number of hydrogen-bond acceptors (Lipinski definition) is 7. The van der Waals surface area contributed by atoms with Gasteiger partial charge in [-0.15, -0.1) is 0 Å². The average molecular weight is 393 g/mol. The second-order valence-corrected chi connectivity index (χ2v) is 5.36. The second-order valence-electron chi connectivity index (χ2n) is 4.16. The highest BCUT2D eigenvalue weighted by molar-refractivity contribution is 6.35. The molecule has 126 valence electrons. The van der Waals surface area contributed by atoms with E-state index >= 15 is 0 Å². The summed E-state index contributed by atoms with van der Waals surface area (Å²) in [5.41, 5.74) is 3.90. The summed E-state index contributed by atoms with van der Waals surface area (Å²) in [6.07, 6.45) is 1.01. The third-order valence-electron chi connectivity index (χ3n) is 2.53. The van der Waals surface area contributed by atoms with Crippen LogP contribution >= 0.6 is 34.8 Å². The Kier molecular flexibility index (Phi) is 5.96. The molecule has 0 radical (unpaired) electrons. The Morgan fingerprint density at radius 1 is 1.29 bits per heavy atom. The maximum atomic E-state index is 11.7. The first-order valence-corrected chi connectivity index (χ1v) is 7.29. The molecule has 0 saturated heterocycles. The van der Waals surface area contributed by atoms with Gasteiger partial charge in [-0.2, -0.15) is 0 Å². The molecule has 1 heterocycles. The van der Waals surface area contributed by atoms with E-state index in [1.54, 1.807) is 6.07 Å². The van der Waals surface area contributed by atoms with Gasteiger partial charge in [0.05, 0.1) is 9.95 Å². The van der Waals surface area contributed by atoms with Gasteiger partial charge in [0, 0.05) is 5.02 Å². The minimum Gasteiger partial charge on any atom is -0.482 e. The molecule has 0 fully saturated rings. The molecule has 0 saturated carbocycles. The first-order chi connectivity index (χ1) is 11.4. The lowest BCUT2D eigenvalue weighted by Gasteiger charge is -2.10. The van der Waals surface area contributed by atoms with Gasteiger partial charge in [-0.1, -0.05) is 34.8 Å². The van der Waals surface area contributed by atoms with Crippen molar-refractivity contribution in [2.75, 3.05) is 12.0 Å². The first kappa shape index (κ1) is 18.0. The highest BCUT2D eigenvalue weighted by Gasteiger charge is 2.21. The normalized spacial score (nSPS) is 10.1. The predicted octanol–water partition coefficient (Wildman–Crippen LogP) is 2.87. The van der Waals surface area contributed by atoms with Crippen molar-refractivity contribution in [2.45, 2.75) is 0 Å². The molecule has 2 N–H and O–H groups in total. The highest BCUT2D eigenvalue weighted by atomic mass is 35.5. The van der Waals surface area contributed by atoms with Crippen molar-refractivity contribution < 1.29 is 14.5 Å². The molecular formula is C12H8Cl3N5O4. The maximum absolute atomic E-state index is 11.7. The summed E-state index contributed by atoms with van der Waals surface area (Å²) in [5, 5.41) is 11.2. The van der Waals surface area contributed by atoms with Crippen LogP contribution < -0.4 is 15.6 Å². The van der Waals surface area contributed by atoms with Gasteiger partial charge < -0.3 is 4.74 Å². The number of benzene rings is 1. The number of anilines is 1. The zero-order valence-corrected chi connectivity index (χ0v) is 13.9. The fraction of sp³-hybridized carbons (Fsp3) is 0.0833. The Hall–Kier alpha value is -2.36. The Morgan fingerprint density at radius 3 is 2.71 bits per heavy atom. The van der Waals surface area contributed by atoms with Crippen LogP contribution in [0.25, 0.3) is 0 Å². The van der Waals surface area contributed by atoms with Crippen LogP contribution in [0.4, 0.5) is 11.5 Å². The SMILES string of the molecule is O=C(COc1ccc(Cl)cc1Cl)NNc1ncnc(Cl)c1[N+](=O)[O-]. The standard InChI is InChI=1S/C12H8Cl3N5O4/c13-6-1-2-8(7(14)3-6)24-4-9(21)18-19-12-10(20(22)23)11(15)16-5-17-12/h1-3,5H,4H2,(H,18,21)(H,16,17,19). The van der Waals surface area contributed by atoms with Crippen LogP contribution in [-0.2, 0) is 4.79 Å². The highest BCUT2D eigenvalue weighted by Crippen LogP contribution is 2.28. The topological polar surface area (TPSA) is 119 Å². The number of nitrogens with zero attached hydrogens (tertiary/aromatic N) is 3. The van der Waals surface area contributed by atoms with Crippen LogP contribution in [0.2, 0.25) is 15.2 Å². The number of carbonyl (C=O) groups excluding carboxylic acids is 1. The van der Waals surface area contributed by atoms with Crippen LogP contribution in [0.3, 0.4) is 0 Å². The van der Waals surface area contributed by atoms with E-state index in [2.05, 4.69) is 20.8 Å². The Labute approximate surface area is 150 Å². The van der Waals surface area contributed by atoms with Crippen molar-refractivity contribution in [3.63, 3.8) is 0 Å². The Bertz CT molecular complexity index is 789. The number of aromatic nitrogens is 2. The molecule has 0 aliphatic rings. The molecule has 12 heteroatoms. The minimum absolute atomic E-state index is 0.237. The fourth-order valence-electron chi connectivity index (χ4n) is 1.51. The summed E-state index contributed by atoms with van der Waals surface area (Å²) in [6.45, 7) is -0.402. The Balaban J connectivity index is 1.94. The molecule has 9 nitrogen and oxygen atoms in total. The summed E-state index contributed by atoms with van der Waals surface area (Å²) >= 11 is 17.3. The van der Waals surface area contributed by atoms with E-state index in [4.69, 9.17) is 39.5 Å². The van der Waals surface area contributed by atoms with E-state index in [0.717, 1.165) is 6.33 Å². The summed E-state index contributed by atoms with van der Waals surface area (Å²) in [5.74, 6) is -0.643. The van der Waals surface area contributed by atoms with Gasteiger partial charge >= 0.3 is 5.69 Å². The van der Waals surface area contributed by atoms with Crippen LogP contribution in [0.1, 0.15) is 0 Å². The summed E-state index contributed by atoms with van der Waals surface area (Å²) in [7, 11) is 0. The van der Waals surface area contributed by atoms with Crippen molar-refractivity contribution in [1.29, 1.82) is 0 Å². The maximum Gasteiger partial charge on any atom is 0.350 e. The number of nitro groups is 1. The number of carbonyl (C=O) groups is 1. The zero-order chi connectivity index (χ0) is 17.7. The van der Waals surface area contributed by atoms with Gasteiger partial charge in [0.2, 0.25) is 11.0 Å². The molecule has 0 unspecified atom stereocenters. The first-order valence-electron chi connectivity index (χ1n) is 6.16. The minimum atomic E-state index is -0.777. The molecule has 2 aromatic rings. The molecule has 0 aliphatic heterocycles. The molecule has 24 heavy (non-hydrogen) atoms. The number of hydrogen-bond donors (Lipinski definition) is 2. The molecule has 0 bridgehead atoms. The quantitative estimate of drug-likeness (QED) is 0.440. The summed E-state index contributed by atoms with van der Waals surface area (Å²) < 4.78 is 5.21. The summed E-state index contributed by atoms with van der Waals surface area (Å²) in [4.78, 5) is 29.0. The van der Waals surface area contributed by atoms with E-state index < -0.39 is 23.1 Å². The van der Waals surface area contributed by atoms with Gasteiger partial charge in [-0.05, 0) is 18.2 Å². The number of rotatable bonds is 6. The fourth-order valence-corrected chi connectivity index (χ4v) is 2.18. The van der Waals surface area contributed by atoms with Gasteiger partial charge in [-0.3, -0.25) is 25.8 Å². The van der Waals surface area contributed by atoms with Crippen LogP contribution in [0.15, 0.2) is 24.5 Å². The van der Waals surface area contributed by atoms with Gasteiger partial charge in [0.25, 0.3) is 5.91 Å². The van der Waals surface area contributed by atoms with Gasteiger partial charge in [-0.25, -0.2) is 9.97 Å². The molecule has 1 aromatic heterocycles. The van der Waals surface area contributed by atoms with Crippen molar-refractivity contribution in [3.8, 4) is 5.75 Å². The second kappa shape index (κ2) is 7.95. The van der Waals surface area contributed by atoms with Crippen molar-refractivity contribution in [3.05, 3.63) is 49.8 Å². The number of hydrazine groups is 1. The molecule has 0 aliphatic carbocycles. The lowest BCUT2D eigenvalue weighted by atomic mass is 10.3. The summed E-state index contributed by atoms with van der Waals surface area (Å²) in [6, 6.07) is 4.51. The van der Waals surface area contributed by atoms with Crippen molar-refractivity contribution >= 4 is 52.2 Å². The number of amides is 1. The van der Waals surface area contributed by atoms with E-state index in [1.165, 1.54) is 12.1 Å². The van der Waals surface area contributed by atoms with E-state index in [-0.39, 0.29) is 21.7 Å². The van der Waals surface area contributed by atoms with Crippen LogP contribution in [0, 0.1) is 10.1 Å². The Morgan fingerprint density at radius 2 is 2.04 bits per heavy atom. The van der Waals surface area contributed by atoms with E-state index in [1.807, 2.05) is 0 Å². The molecule has 2 rings (SSSR count). The zero-order valence-electron chi connectivity index (χ0n) is 11.6. The van der Waals surface area contributed by atoms with E-state index in [0.29, 0.717) is 5.02 Å². The third-order valence-corrected chi connectivity index (χ3v) is 3.34.